The molecule has 0 amide bonds. The predicted molar refractivity (Wildman–Crippen MR) is 89.9 cm³/mol. The molecule has 1 aliphatic rings. The SMILES string of the molecule is CC(C)(C)c1ncnc(N2CC(Cn3nc(C(F)(F)F)ccc3=O)C2)c1F. The van der Waals surface area contributed by atoms with Crippen molar-refractivity contribution in [3.63, 3.8) is 0 Å². The number of rotatable bonds is 3. The molecule has 6 nitrogen and oxygen atoms in total. The molecule has 0 spiro atoms. The second-order valence-corrected chi connectivity index (χ2v) is 7.62. The molecule has 1 saturated heterocycles. The van der Waals surface area contributed by atoms with Gasteiger partial charge >= 0.3 is 6.18 Å². The van der Waals surface area contributed by atoms with Crippen molar-refractivity contribution >= 4 is 5.82 Å². The molecule has 146 valence electrons. The molecular formula is C17H19F4N5O. The molecule has 1 fully saturated rings. The minimum absolute atomic E-state index is 0.0259. The van der Waals surface area contributed by atoms with Gasteiger partial charge in [-0.2, -0.15) is 18.3 Å². The Balaban J connectivity index is 1.72. The number of hydrogen-bond acceptors (Lipinski definition) is 5. The van der Waals surface area contributed by atoms with Gasteiger partial charge in [-0.25, -0.2) is 19.0 Å². The largest absolute Gasteiger partial charge is 0.435 e. The lowest BCUT2D eigenvalue weighted by Gasteiger charge is -2.40. The summed E-state index contributed by atoms with van der Waals surface area (Å²) in [4.78, 5) is 21.4. The van der Waals surface area contributed by atoms with Gasteiger partial charge in [0.2, 0.25) is 0 Å². The van der Waals surface area contributed by atoms with Crippen LogP contribution in [0.4, 0.5) is 23.4 Å². The topological polar surface area (TPSA) is 63.9 Å². The fourth-order valence-corrected chi connectivity index (χ4v) is 2.94. The molecule has 0 atom stereocenters. The minimum atomic E-state index is -4.62. The smallest absolute Gasteiger partial charge is 0.353 e. The lowest BCUT2D eigenvalue weighted by atomic mass is 9.91. The standard InChI is InChI=1S/C17H19F4N5O/c1-16(2,3)14-13(18)15(23-9-22-14)25-6-10(7-25)8-26-12(27)5-4-11(24-26)17(19,20)21/h4-5,9-10H,6-8H2,1-3H3. The number of hydrogen-bond donors (Lipinski definition) is 0. The predicted octanol–water partition coefficient (Wildman–Crippen LogP) is 2.63. The van der Waals surface area contributed by atoms with Crippen LogP contribution in [-0.4, -0.2) is 32.8 Å². The van der Waals surface area contributed by atoms with Crippen molar-refractivity contribution in [1.82, 2.24) is 19.7 Å². The summed E-state index contributed by atoms with van der Waals surface area (Å²) >= 11 is 0. The van der Waals surface area contributed by atoms with E-state index < -0.39 is 28.7 Å². The number of nitrogens with zero attached hydrogens (tertiary/aromatic N) is 5. The maximum Gasteiger partial charge on any atom is 0.435 e. The highest BCUT2D eigenvalue weighted by atomic mass is 19.4. The van der Waals surface area contributed by atoms with Gasteiger partial charge in [-0.3, -0.25) is 4.79 Å². The zero-order valence-electron chi connectivity index (χ0n) is 15.1. The first-order valence-corrected chi connectivity index (χ1v) is 8.38. The normalized spacial score (nSPS) is 15.7. The molecule has 0 bridgehead atoms. The van der Waals surface area contributed by atoms with Crippen LogP contribution in [0.2, 0.25) is 0 Å². The Hall–Kier alpha value is -2.52. The van der Waals surface area contributed by atoms with E-state index >= 15 is 0 Å². The van der Waals surface area contributed by atoms with E-state index in [2.05, 4.69) is 15.1 Å². The van der Waals surface area contributed by atoms with Gasteiger partial charge in [0.1, 0.15) is 6.33 Å². The van der Waals surface area contributed by atoms with Gasteiger partial charge in [-0.1, -0.05) is 20.8 Å². The molecule has 0 aromatic carbocycles. The van der Waals surface area contributed by atoms with Crippen molar-refractivity contribution < 1.29 is 17.6 Å². The van der Waals surface area contributed by atoms with Gasteiger partial charge in [-0.15, -0.1) is 0 Å². The highest BCUT2D eigenvalue weighted by molar-refractivity contribution is 5.45. The van der Waals surface area contributed by atoms with Gasteiger partial charge in [0.05, 0.1) is 12.2 Å². The summed E-state index contributed by atoms with van der Waals surface area (Å²) in [5.41, 5.74) is -1.91. The monoisotopic (exact) mass is 385 g/mol. The molecule has 1 aliphatic heterocycles. The zero-order chi connectivity index (χ0) is 20.0. The number of anilines is 1. The Morgan fingerprint density at radius 2 is 1.81 bits per heavy atom. The van der Waals surface area contributed by atoms with E-state index in [9.17, 15) is 22.4 Å². The van der Waals surface area contributed by atoms with Gasteiger partial charge in [0.25, 0.3) is 5.56 Å². The molecule has 0 aliphatic carbocycles. The van der Waals surface area contributed by atoms with Crippen molar-refractivity contribution in [2.75, 3.05) is 18.0 Å². The van der Waals surface area contributed by atoms with Crippen LogP contribution in [-0.2, 0) is 18.1 Å². The van der Waals surface area contributed by atoms with E-state index in [1.807, 2.05) is 20.8 Å². The van der Waals surface area contributed by atoms with Gasteiger partial charge in [0, 0.05) is 30.5 Å². The molecule has 0 saturated carbocycles. The fourth-order valence-electron chi connectivity index (χ4n) is 2.94. The average Bonchev–Trinajstić information content (AvgIpc) is 2.50. The van der Waals surface area contributed by atoms with Gasteiger partial charge in [-0.05, 0) is 6.07 Å². The molecular weight excluding hydrogens is 366 g/mol. The van der Waals surface area contributed by atoms with Crippen LogP contribution < -0.4 is 10.5 Å². The third-order valence-electron chi connectivity index (χ3n) is 4.33. The Bertz CT molecular complexity index is 897. The molecule has 27 heavy (non-hydrogen) atoms. The molecule has 0 N–H and O–H groups in total. The van der Waals surface area contributed by atoms with Crippen molar-refractivity contribution in [3.05, 3.63) is 46.0 Å². The Kier molecular flexibility index (Phi) is 4.69. The summed E-state index contributed by atoms with van der Waals surface area (Å²) < 4.78 is 53.7. The fraction of sp³-hybridized carbons (Fsp3) is 0.529. The Morgan fingerprint density at radius 1 is 1.15 bits per heavy atom. The summed E-state index contributed by atoms with van der Waals surface area (Å²) in [5, 5.41) is 3.39. The van der Waals surface area contributed by atoms with Crippen molar-refractivity contribution in [2.24, 2.45) is 5.92 Å². The quantitative estimate of drug-likeness (QED) is 0.760. The van der Waals surface area contributed by atoms with E-state index in [1.54, 1.807) is 4.90 Å². The molecule has 0 unspecified atom stereocenters. The molecule has 2 aromatic heterocycles. The highest BCUT2D eigenvalue weighted by Gasteiger charge is 2.35. The minimum Gasteiger partial charge on any atom is -0.353 e. The van der Waals surface area contributed by atoms with Crippen LogP contribution in [0.15, 0.2) is 23.3 Å². The summed E-state index contributed by atoms with van der Waals surface area (Å²) in [6, 6.07) is 1.52. The summed E-state index contributed by atoms with van der Waals surface area (Å²) in [5.74, 6) is -0.473. The second-order valence-electron chi connectivity index (χ2n) is 7.62. The molecule has 10 heteroatoms. The second kappa shape index (κ2) is 6.58. The summed E-state index contributed by atoms with van der Waals surface area (Å²) in [6.07, 6.45) is -3.32. The van der Waals surface area contributed by atoms with Crippen LogP contribution >= 0.6 is 0 Å². The molecule has 3 rings (SSSR count). The number of alkyl halides is 3. The van der Waals surface area contributed by atoms with E-state index in [0.29, 0.717) is 24.8 Å². The van der Waals surface area contributed by atoms with E-state index in [4.69, 9.17) is 0 Å². The Labute approximate surface area is 152 Å². The molecule has 0 radical (unpaired) electrons. The lowest BCUT2D eigenvalue weighted by molar-refractivity contribution is -0.142. The van der Waals surface area contributed by atoms with Crippen LogP contribution in [0, 0.1) is 11.7 Å². The van der Waals surface area contributed by atoms with Crippen LogP contribution in [0.5, 0.6) is 0 Å². The third-order valence-corrected chi connectivity index (χ3v) is 4.33. The summed E-state index contributed by atoms with van der Waals surface area (Å²) in [6.45, 7) is 6.27. The van der Waals surface area contributed by atoms with Crippen molar-refractivity contribution in [2.45, 2.75) is 38.9 Å². The maximum atomic E-state index is 14.7. The first-order valence-electron chi connectivity index (χ1n) is 8.38. The Morgan fingerprint density at radius 3 is 2.41 bits per heavy atom. The third kappa shape index (κ3) is 3.93. The van der Waals surface area contributed by atoms with Crippen molar-refractivity contribution in [1.29, 1.82) is 0 Å². The van der Waals surface area contributed by atoms with E-state index in [-0.39, 0.29) is 18.3 Å². The van der Waals surface area contributed by atoms with Crippen molar-refractivity contribution in [3.8, 4) is 0 Å². The first kappa shape index (κ1) is 19.2. The first-order chi connectivity index (χ1) is 12.5. The highest BCUT2D eigenvalue weighted by Crippen LogP contribution is 2.31. The summed E-state index contributed by atoms with van der Waals surface area (Å²) in [7, 11) is 0. The number of halogens is 4. The number of aromatic nitrogens is 4. The molecule has 2 aromatic rings. The van der Waals surface area contributed by atoms with E-state index in [1.165, 1.54) is 6.33 Å². The lowest BCUT2D eigenvalue weighted by Crippen LogP contribution is -2.50. The van der Waals surface area contributed by atoms with Crippen LogP contribution in [0.3, 0.4) is 0 Å². The van der Waals surface area contributed by atoms with Gasteiger partial charge < -0.3 is 4.90 Å². The zero-order valence-corrected chi connectivity index (χ0v) is 15.1. The average molecular weight is 385 g/mol. The van der Waals surface area contributed by atoms with Crippen LogP contribution in [0.1, 0.15) is 32.2 Å². The van der Waals surface area contributed by atoms with E-state index in [0.717, 1.165) is 10.7 Å². The maximum absolute atomic E-state index is 14.7. The molecule has 3 heterocycles. The van der Waals surface area contributed by atoms with Crippen LogP contribution in [0.25, 0.3) is 0 Å². The van der Waals surface area contributed by atoms with Gasteiger partial charge in [0.15, 0.2) is 17.3 Å².